The lowest BCUT2D eigenvalue weighted by molar-refractivity contribution is 0.0952. The van der Waals surface area contributed by atoms with Gasteiger partial charge in [0, 0.05) is 42.2 Å². The normalized spacial score (nSPS) is 10.6. The first-order valence-corrected chi connectivity index (χ1v) is 13.3. The number of aromatic hydroxyl groups is 1. The topological polar surface area (TPSA) is 133 Å². The van der Waals surface area contributed by atoms with Gasteiger partial charge in [-0.2, -0.15) is 5.26 Å². The Labute approximate surface area is 234 Å². The van der Waals surface area contributed by atoms with Gasteiger partial charge < -0.3 is 20.3 Å². The van der Waals surface area contributed by atoms with Crippen LogP contribution in [-0.2, 0) is 6.54 Å². The van der Waals surface area contributed by atoms with Crippen molar-refractivity contribution in [2.45, 2.75) is 13.0 Å². The summed E-state index contributed by atoms with van der Waals surface area (Å²) in [6.07, 6.45) is 6.05. The van der Waals surface area contributed by atoms with Crippen LogP contribution in [0.3, 0.4) is 0 Å². The molecule has 2 amide bonds. The second-order valence-electron chi connectivity index (χ2n) is 8.83. The van der Waals surface area contributed by atoms with Crippen LogP contribution in [0.5, 0.6) is 5.75 Å². The van der Waals surface area contributed by atoms with E-state index in [0.29, 0.717) is 39.4 Å². The molecule has 0 radical (unpaired) electrons. The lowest BCUT2D eigenvalue weighted by Crippen LogP contribution is -2.25. The average Bonchev–Trinajstić information content (AvgIpc) is 3.70. The SMILES string of the molecule is N#Cc1c(-c2cccc(C(=O)NCCCn3ccnc3)c2)cc(-c2ccccc2O)nc1NC(=O)c1cccs1. The summed E-state index contributed by atoms with van der Waals surface area (Å²) in [7, 11) is 0. The highest BCUT2D eigenvalue weighted by Crippen LogP contribution is 2.35. The summed E-state index contributed by atoms with van der Waals surface area (Å²) in [6, 6.07) is 20.9. The zero-order valence-electron chi connectivity index (χ0n) is 21.2. The highest BCUT2D eigenvalue weighted by Gasteiger charge is 2.20. The Hall–Kier alpha value is -5.27. The summed E-state index contributed by atoms with van der Waals surface area (Å²) in [5, 5.41) is 28.1. The number of rotatable bonds is 9. The number of hydrogen-bond donors (Lipinski definition) is 3. The Morgan fingerprint density at radius 2 is 1.90 bits per heavy atom. The molecule has 40 heavy (non-hydrogen) atoms. The maximum atomic E-state index is 12.9. The molecular formula is C30H24N6O3S. The molecule has 3 heterocycles. The van der Waals surface area contributed by atoms with Gasteiger partial charge in [-0.15, -0.1) is 11.3 Å². The van der Waals surface area contributed by atoms with Gasteiger partial charge in [-0.25, -0.2) is 9.97 Å². The van der Waals surface area contributed by atoms with Crippen molar-refractivity contribution in [1.82, 2.24) is 19.9 Å². The second kappa shape index (κ2) is 12.1. The minimum absolute atomic E-state index is 0.00464. The summed E-state index contributed by atoms with van der Waals surface area (Å²) in [5.41, 5.74) is 2.42. The number of pyridine rings is 1. The number of carbonyl (C=O) groups excluding carboxylic acids is 2. The molecule has 5 aromatic rings. The van der Waals surface area contributed by atoms with E-state index in [1.165, 1.54) is 17.4 Å². The molecule has 0 fully saturated rings. The molecule has 9 nitrogen and oxygen atoms in total. The first-order chi connectivity index (χ1) is 19.5. The molecule has 0 saturated carbocycles. The number of nitrogens with one attached hydrogen (secondary N) is 2. The van der Waals surface area contributed by atoms with Gasteiger partial charge in [-0.1, -0.05) is 30.3 Å². The Morgan fingerprint density at radius 1 is 1.02 bits per heavy atom. The number of phenols is 1. The summed E-state index contributed by atoms with van der Waals surface area (Å²) < 4.78 is 1.94. The van der Waals surface area contributed by atoms with Crippen molar-refractivity contribution < 1.29 is 14.7 Å². The molecule has 198 valence electrons. The fourth-order valence-electron chi connectivity index (χ4n) is 4.19. The Bertz CT molecular complexity index is 1690. The minimum Gasteiger partial charge on any atom is -0.507 e. The lowest BCUT2D eigenvalue weighted by atomic mass is 9.96. The smallest absolute Gasteiger partial charge is 0.266 e. The van der Waals surface area contributed by atoms with Crippen molar-refractivity contribution in [3.05, 3.63) is 107 Å². The second-order valence-corrected chi connectivity index (χ2v) is 9.78. The third kappa shape index (κ3) is 5.90. The molecule has 2 aromatic carbocycles. The van der Waals surface area contributed by atoms with Crippen molar-refractivity contribution >= 4 is 29.0 Å². The molecule has 0 aliphatic heterocycles. The molecule has 0 aliphatic rings. The third-order valence-corrected chi connectivity index (χ3v) is 7.03. The number of phenolic OH excluding ortho intramolecular Hbond substituents is 1. The van der Waals surface area contributed by atoms with Crippen LogP contribution in [0.15, 0.2) is 90.8 Å². The largest absolute Gasteiger partial charge is 0.507 e. The van der Waals surface area contributed by atoms with Gasteiger partial charge in [0.15, 0.2) is 5.82 Å². The Kier molecular flexibility index (Phi) is 7.94. The predicted molar refractivity (Wildman–Crippen MR) is 153 cm³/mol. The van der Waals surface area contributed by atoms with Gasteiger partial charge in [0.1, 0.15) is 17.4 Å². The number of aryl methyl sites for hydroxylation is 1. The summed E-state index contributed by atoms with van der Waals surface area (Å²) in [5.74, 6) is -0.577. The quantitative estimate of drug-likeness (QED) is 0.214. The molecule has 3 N–H and O–H groups in total. The van der Waals surface area contributed by atoms with E-state index in [4.69, 9.17) is 0 Å². The minimum atomic E-state index is -0.400. The van der Waals surface area contributed by atoms with Gasteiger partial charge in [-0.05, 0) is 53.8 Å². The number of para-hydroxylation sites is 1. The van der Waals surface area contributed by atoms with Crippen LogP contribution in [0.1, 0.15) is 32.0 Å². The van der Waals surface area contributed by atoms with E-state index in [1.807, 2.05) is 10.8 Å². The number of imidazole rings is 1. The first kappa shape index (κ1) is 26.3. The fourth-order valence-corrected chi connectivity index (χ4v) is 4.81. The number of aromatic nitrogens is 3. The third-order valence-electron chi connectivity index (χ3n) is 6.16. The van der Waals surface area contributed by atoms with Gasteiger partial charge in [0.25, 0.3) is 11.8 Å². The number of benzene rings is 2. The molecule has 0 atom stereocenters. The van der Waals surface area contributed by atoms with Crippen LogP contribution < -0.4 is 10.6 Å². The predicted octanol–water partition coefficient (Wildman–Crippen LogP) is 5.32. The molecule has 0 unspecified atom stereocenters. The molecule has 10 heteroatoms. The van der Waals surface area contributed by atoms with Crippen molar-refractivity contribution in [3.8, 4) is 34.2 Å². The van der Waals surface area contributed by atoms with Crippen LogP contribution in [0, 0.1) is 11.3 Å². The fraction of sp³-hybridized carbons (Fsp3) is 0.100. The van der Waals surface area contributed by atoms with E-state index in [-0.39, 0.29) is 23.0 Å². The molecule has 0 bridgehead atoms. The van der Waals surface area contributed by atoms with Crippen LogP contribution in [0.2, 0.25) is 0 Å². The molecule has 3 aromatic heterocycles. The zero-order chi connectivity index (χ0) is 27.9. The Balaban J connectivity index is 1.48. The summed E-state index contributed by atoms with van der Waals surface area (Å²) in [4.78, 5) is 34.8. The highest BCUT2D eigenvalue weighted by molar-refractivity contribution is 7.12. The number of carbonyl (C=O) groups is 2. The Morgan fingerprint density at radius 3 is 2.65 bits per heavy atom. The van der Waals surface area contributed by atoms with Crippen LogP contribution >= 0.6 is 11.3 Å². The van der Waals surface area contributed by atoms with Crippen molar-refractivity contribution in [2.75, 3.05) is 11.9 Å². The number of nitriles is 1. The van der Waals surface area contributed by atoms with Crippen molar-refractivity contribution in [1.29, 1.82) is 5.26 Å². The molecule has 0 spiro atoms. The van der Waals surface area contributed by atoms with E-state index >= 15 is 0 Å². The molecule has 5 rings (SSSR count). The van der Waals surface area contributed by atoms with E-state index in [9.17, 15) is 20.0 Å². The lowest BCUT2D eigenvalue weighted by Gasteiger charge is -2.14. The van der Waals surface area contributed by atoms with Crippen LogP contribution in [0.25, 0.3) is 22.4 Å². The van der Waals surface area contributed by atoms with E-state index in [2.05, 4.69) is 26.7 Å². The van der Waals surface area contributed by atoms with Gasteiger partial charge in [0.05, 0.1) is 16.9 Å². The number of nitrogens with zero attached hydrogens (tertiary/aromatic N) is 4. The number of thiophene rings is 1. The molecule has 0 aliphatic carbocycles. The van der Waals surface area contributed by atoms with Crippen LogP contribution in [-0.4, -0.2) is 38.0 Å². The van der Waals surface area contributed by atoms with E-state index in [0.717, 1.165) is 13.0 Å². The first-order valence-electron chi connectivity index (χ1n) is 12.5. The standard InChI is InChI=1S/C30H24N6O3S/c31-18-24-23(20-6-3-7-21(16-20)29(38)33-11-5-13-36-14-12-32-19-36)17-25(22-8-1-2-9-26(22)37)34-28(24)35-30(39)27-10-4-15-40-27/h1-4,6-10,12,14-17,19,37H,5,11,13H2,(H,33,38)(H,34,35,39). The van der Waals surface area contributed by atoms with E-state index < -0.39 is 5.91 Å². The summed E-state index contributed by atoms with van der Waals surface area (Å²) in [6.45, 7) is 1.22. The number of anilines is 1. The maximum Gasteiger partial charge on any atom is 0.266 e. The van der Waals surface area contributed by atoms with E-state index in [1.54, 1.807) is 78.6 Å². The number of amides is 2. The van der Waals surface area contributed by atoms with Crippen LogP contribution in [0.4, 0.5) is 5.82 Å². The highest BCUT2D eigenvalue weighted by atomic mass is 32.1. The van der Waals surface area contributed by atoms with Crippen molar-refractivity contribution in [3.63, 3.8) is 0 Å². The van der Waals surface area contributed by atoms with Gasteiger partial charge in [-0.3, -0.25) is 9.59 Å². The monoisotopic (exact) mass is 548 g/mol. The molecular weight excluding hydrogens is 524 g/mol. The van der Waals surface area contributed by atoms with Crippen molar-refractivity contribution in [2.24, 2.45) is 0 Å². The summed E-state index contributed by atoms with van der Waals surface area (Å²) >= 11 is 1.27. The average molecular weight is 549 g/mol. The zero-order valence-corrected chi connectivity index (χ0v) is 22.1. The van der Waals surface area contributed by atoms with Gasteiger partial charge in [0.2, 0.25) is 0 Å². The number of hydrogen-bond acceptors (Lipinski definition) is 7. The maximum absolute atomic E-state index is 12.9. The van der Waals surface area contributed by atoms with Gasteiger partial charge >= 0.3 is 0 Å². The molecule has 0 saturated heterocycles.